The maximum Gasteiger partial charge on any atom is 0.333 e. The second-order valence-electron chi connectivity index (χ2n) is 3.37. The number of aliphatic carboxylic acids is 2. The monoisotopic (exact) mass is 267 g/mol. The molecule has 0 aliphatic carbocycles. The summed E-state index contributed by atoms with van der Waals surface area (Å²) >= 11 is 0. The van der Waals surface area contributed by atoms with Crippen molar-refractivity contribution in [3.05, 3.63) is 0 Å². The molecule has 0 bridgehead atoms. The van der Waals surface area contributed by atoms with Gasteiger partial charge in [-0.2, -0.15) is 0 Å². The van der Waals surface area contributed by atoms with Crippen LogP contribution in [-0.2, 0) is 19.1 Å². The highest BCUT2D eigenvalue weighted by Gasteiger charge is 2.16. The molecule has 0 rings (SSSR count). The molecule has 0 aromatic heterocycles. The van der Waals surface area contributed by atoms with Gasteiger partial charge >= 0.3 is 11.9 Å². The van der Waals surface area contributed by atoms with Gasteiger partial charge in [-0.15, -0.1) is 0 Å². The first-order chi connectivity index (χ1) is 8.24. The van der Waals surface area contributed by atoms with Crippen LogP contribution < -0.4 is 5.32 Å². The fourth-order valence-electron chi connectivity index (χ4n) is 0.719. The lowest BCUT2D eigenvalue weighted by molar-refractivity contribution is -0.152. The molecule has 3 unspecified atom stereocenters. The molecular formula is C10H21NO7. The molecule has 3 atom stereocenters. The normalized spacial score (nSPS) is 14.9. The van der Waals surface area contributed by atoms with E-state index >= 15 is 0 Å². The van der Waals surface area contributed by atoms with Gasteiger partial charge in [0.15, 0.2) is 6.10 Å². The van der Waals surface area contributed by atoms with E-state index in [4.69, 9.17) is 24.8 Å². The van der Waals surface area contributed by atoms with Crippen LogP contribution in [0.3, 0.4) is 0 Å². The molecule has 4 N–H and O–H groups in total. The number of aliphatic hydroxyl groups excluding tert-OH is 1. The van der Waals surface area contributed by atoms with E-state index in [1.54, 1.807) is 14.2 Å². The smallest absolute Gasteiger partial charge is 0.333 e. The quantitative estimate of drug-likeness (QED) is 0.453. The van der Waals surface area contributed by atoms with Crippen molar-refractivity contribution in [2.24, 2.45) is 0 Å². The zero-order chi connectivity index (χ0) is 14.7. The SMILES string of the molecule is COC(C)NC(C)OC.O=C(O)CC(O)C(=O)O. The lowest BCUT2D eigenvalue weighted by Crippen LogP contribution is -2.36. The summed E-state index contributed by atoms with van der Waals surface area (Å²) in [4.78, 5) is 19.4. The Morgan fingerprint density at radius 1 is 1.11 bits per heavy atom. The van der Waals surface area contributed by atoms with Crippen molar-refractivity contribution >= 4 is 11.9 Å². The molecule has 0 spiro atoms. The molecule has 0 saturated heterocycles. The molecular weight excluding hydrogens is 246 g/mol. The highest BCUT2D eigenvalue weighted by atomic mass is 16.5. The predicted molar refractivity (Wildman–Crippen MR) is 62.0 cm³/mol. The Morgan fingerprint density at radius 2 is 1.50 bits per heavy atom. The number of hydrogen-bond acceptors (Lipinski definition) is 6. The summed E-state index contributed by atoms with van der Waals surface area (Å²) in [7, 11) is 3.31. The fourth-order valence-corrected chi connectivity index (χ4v) is 0.719. The van der Waals surface area contributed by atoms with Crippen molar-refractivity contribution in [3.63, 3.8) is 0 Å². The summed E-state index contributed by atoms with van der Waals surface area (Å²) in [6, 6.07) is 0. The Balaban J connectivity index is 0. The molecule has 0 heterocycles. The topological polar surface area (TPSA) is 125 Å². The number of ether oxygens (including phenoxy) is 2. The Kier molecular flexibility index (Phi) is 11.6. The number of rotatable bonds is 7. The van der Waals surface area contributed by atoms with Crippen LogP contribution in [0.25, 0.3) is 0 Å². The highest BCUT2D eigenvalue weighted by molar-refractivity contribution is 5.79. The number of hydrogen-bond donors (Lipinski definition) is 4. The summed E-state index contributed by atoms with van der Waals surface area (Å²) in [6.45, 7) is 3.85. The van der Waals surface area contributed by atoms with Gasteiger partial charge in [0.05, 0.1) is 6.42 Å². The first kappa shape index (κ1) is 19.1. The Morgan fingerprint density at radius 3 is 1.67 bits per heavy atom. The first-order valence-electron chi connectivity index (χ1n) is 5.18. The summed E-state index contributed by atoms with van der Waals surface area (Å²) < 4.78 is 9.86. The molecule has 8 heteroatoms. The van der Waals surface area contributed by atoms with Crippen LogP contribution in [0.5, 0.6) is 0 Å². The zero-order valence-electron chi connectivity index (χ0n) is 10.9. The standard InChI is InChI=1S/C6H15NO2.C4H6O5/c1-5(8-3)7-6(2)9-4;5-2(4(8)9)1-3(6)7/h5-7H,1-4H3;2,5H,1H2,(H,6,7)(H,8,9). The largest absolute Gasteiger partial charge is 0.481 e. The lowest BCUT2D eigenvalue weighted by atomic mass is 10.3. The van der Waals surface area contributed by atoms with Crippen LogP contribution in [0.1, 0.15) is 20.3 Å². The summed E-state index contributed by atoms with van der Waals surface area (Å²) in [6.07, 6.45) is -2.43. The van der Waals surface area contributed by atoms with Gasteiger partial charge in [0, 0.05) is 14.2 Å². The van der Waals surface area contributed by atoms with Crippen LogP contribution in [-0.4, -0.2) is 60.0 Å². The van der Waals surface area contributed by atoms with Crippen molar-refractivity contribution in [2.75, 3.05) is 14.2 Å². The van der Waals surface area contributed by atoms with Crippen molar-refractivity contribution in [1.82, 2.24) is 5.32 Å². The van der Waals surface area contributed by atoms with Crippen molar-refractivity contribution in [1.29, 1.82) is 0 Å². The minimum atomic E-state index is -1.79. The van der Waals surface area contributed by atoms with Crippen LogP contribution in [0.4, 0.5) is 0 Å². The number of aliphatic hydroxyl groups is 1. The number of carboxylic acids is 2. The zero-order valence-corrected chi connectivity index (χ0v) is 10.9. The van der Waals surface area contributed by atoms with E-state index in [-0.39, 0.29) is 12.5 Å². The molecule has 0 aromatic carbocycles. The van der Waals surface area contributed by atoms with Gasteiger partial charge < -0.3 is 24.8 Å². The number of carboxylic acid groups (broad SMARTS) is 2. The van der Waals surface area contributed by atoms with Crippen molar-refractivity contribution in [3.8, 4) is 0 Å². The van der Waals surface area contributed by atoms with E-state index in [0.29, 0.717) is 0 Å². The molecule has 0 radical (unpaired) electrons. The third-order valence-corrected chi connectivity index (χ3v) is 1.83. The van der Waals surface area contributed by atoms with E-state index in [0.717, 1.165) is 0 Å². The van der Waals surface area contributed by atoms with Crippen LogP contribution >= 0.6 is 0 Å². The van der Waals surface area contributed by atoms with Crippen molar-refractivity contribution in [2.45, 2.75) is 38.8 Å². The van der Waals surface area contributed by atoms with Crippen molar-refractivity contribution < 1.29 is 34.4 Å². The van der Waals surface area contributed by atoms with E-state index in [1.165, 1.54) is 0 Å². The third kappa shape index (κ3) is 12.8. The van der Waals surface area contributed by atoms with Gasteiger partial charge in [-0.1, -0.05) is 0 Å². The Bertz CT molecular complexity index is 238. The average Bonchev–Trinajstić information content (AvgIpc) is 2.28. The van der Waals surface area contributed by atoms with E-state index in [2.05, 4.69) is 5.32 Å². The second-order valence-corrected chi connectivity index (χ2v) is 3.37. The second kappa shape index (κ2) is 10.9. The molecule has 0 aromatic rings. The first-order valence-corrected chi connectivity index (χ1v) is 5.18. The van der Waals surface area contributed by atoms with Gasteiger partial charge in [-0.3, -0.25) is 10.1 Å². The summed E-state index contributed by atoms with van der Waals surface area (Å²) in [5, 5.41) is 27.2. The molecule has 18 heavy (non-hydrogen) atoms. The van der Waals surface area contributed by atoms with Gasteiger partial charge in [0.25, 0.3) is 0 Å². The Labute approximate surface area is 106 Å². The predicted octanol–water partition coefficient (Wildman–Crippen LogP) is -0.533. The molecule has 108 valence electrons. The van der Waals surface area contributed by atoms with Gasteiger partial charge in [-0.05, 0) is 13.8 Å². The molecule has 0 aliphatic rings. The number of carbonyl (C=O) groups is 2. The molecule has 0 saturated carbocycles. The molecule has 0 aliphatic heterocycles. The number of methoxy groups -OCH3 is 2. The minimum absolute atomic E-state index is 0.0555. The van der Waals surface area contributed by atoms with Gasteiger partial charge in [0.2, 0.25) is 0 Å². The maximum atomic E-state index is 9.72. The van der Waals surface area contributed by atoms with E-state index < -0.39 is 24.5 Å². The number of nitrogens with one attached hydrogen (secondary N) is 1. The summed E-state index contributed by atoms with van der Waals surface area (Å²) in [5.74, 6) is -2.85. The molecule has 0 fully saturated rings. The molecule has 8 nitrogen and oxygen atoms in total. The minimum Gasteiger partial charge on any atom is -0.481 e. The van der Waals surface area contributed by atoms with Crippen LogP contribution in [0.2, 0.25) is 0 Å². The van der Waals surface area contributed by atoms with Gasteiger partial charge in [0.1, 0.15) is 12.5 Å². The highest BCUT2D eigenvalue weighted by Crippen LogP contribution is 1.89. The van der Waals surface area contributed by atoms with Crippen LogP contribution in [0, 0.1) is 0 Å². The summed E-state index contributed by atoms with van der Waals surface area (Å²) in [5.41, 5.74) is 0. The van der Waals surface area contributed by atoms with E-state index in [9.17, 15) is 9.59 Å². The van der Waals surface area contributed by atoms with E-state index in [1.807, 2.05) is 13.8 Å². The lowest BCUT2D eigenvalue weighted by Gasteiger charge is -2.16. The fraction of sp³-hybridized carbons (Fsp3) is 0.800. The average molecular weight is 267 g/mol. The van der Waals surface area contributed by atoms with Crippen LogP contribution in [0.15, 0.2) is 0 Å². The van der Waals surface area contributed by atoms with Gasteiger partial charge in [-0.25, -0.2) is 4.79 Å². The maximum absolute atomic E-state index is 9.72. The third-order valence-electron chi connectivity index (χ3n) is 1.83. The molecule has 0 amide bonds. The Hall–Kier alpha value is -1.22.